The number of fused-ring (bicyclic) bond motifs is 5. The minimum Gasteiger partial charge on any atom is -0.457 e. The molecule has 15 heteroatoms. The number of cyclic esters (lactones) is 1. The molecular weight excluding hydrogens is 711 g/mol. The van der Waals surface area contributed by atoms with Gasteiger partial charge in [-0.3, -0.25) is 19.1 Å². The third kappa shape index (κ3) is 9.11. The fourth-order valence-electron chi connectivity index (χ4n) is 6.57. The number of ether oxygens (including phenoxy) is 6. The Labute approximate surface area is 310 Å². The Balaban J connectivity index is 0.866. The number of hydrogen-bond donors (Lipinski definition) is 1. The first-order valence-corrected chi connectivity index (χ1v) is 20.3. The van der Waals surface area contributed by atoms with Gasteiger partial charge in [0.1, 0.15) is 13.2 Å². The van der Waals surface area contributed by atoms with Crippen LogP contribution in [-0.2, 0) is 56.6 Å². The zero-order valence-corrected chi connectivity index (χ0v) is 31.0. The number of pyridine rings is 2. The monoisotopic (exact) mass is 755 g/mol. The molecule has 0 saturated carbocycles. The summed E-state index contributed by atoms with van der Waals surface area (Å²) in [5.74, 6) is 0.544. The van der Waals surface area contributed by atoms with E-state index in [0.29, 0.717) is 62.8 Å². The van der Waals surface area contributed by atoms with Crippen molar-refractivity contribution in [1.82, 2.24) is 14.9 Å². The molecule has 5 heterocycles. The first-order valence-electron chi connectivity index (χ1n) is 17.9. The van der Waals surface area contributed by atoms with Gasteiger partial charge in [-0.1, -0.05) is 53.1 Å². The number of esters is 1. The molecule has 280 valence electrons. The maximum Gasteiger partial charge on any atom is 0.509 e. The molecule has 0 aliphatic carbocycles. The first-order chi connectivity index (χ1) is 25.4. The Morgan fingerprint density at radius 2 is 1.79 bits per heavy atom. The fraction of sp³-hybridized carbons (Fsp3) is 0.541. The highest BCUT2D eigenvalue weighted by Gasteiger charge is 2.51. The number of rotatable bonds is 19. The molecule has 1 fully saturated rings. The van der Waals surface area contributed by atoms with Crippen molar-refractivity contribution in [2.75, 3.05) is 58.5 Å². The summed E-state index contributed by atoms with van der Waals surface area (Å²) in [7, 11) is 3.93. The van der Waals surface area contributed by atoms with Crippen molar-refractivity contribution in [2.24, 2.45) is 0 Å². The van der Waals surface area contributed by atoms with E-state index in [-0.39, 0.29) is 49.9 Å². The number of benzene rings is 1. The highest BCUT2D eigenvalue weighted by atomic mass is 33.1. The summed E-state index contributed by atoms with van der Waals surface area (Å²) in [5.41, 5.74) is 1.28. The molecule has 3 aliphatic heterocycles. The number of unbranched alkanes of at least 4 members (excludes halogenated alkanes) is 1. The predicted molar refractivity (Wildman–Crippen MR) is 197 cm³/mol. The molecule has 13 nitrogen and oxygen atoms in total. The molecule has 1 aromatic carbocycles. The molecule has 0 bridgehead atoms. The van der Waals surface area contributed by atoms with Crippen molar-refractivity contribution in [3.8, 4) is 5.69 Å². The topological polar surface area (TPSA) is 154 Å². The van der Waals surface area contributed by atoms with Crippen LogP contribution in [0.4, 0.5) is 4.79 Å². The van der Waals surface area contributed by atoms with Crippen molar-refractivity contribution >= 4 is 50.5 Å². The Morgan fingerprint density at radius 3 is 2.56 bits per heavy atom. The molecule has 0 radical (unpaired) electrons. The lowest BCUT2D eigenvalue weighted by molar-refractivity contribution is -0.175. The molecule has 2 aromatic heterocycles. The third-order valence-electron chi connectivity index (χ3n) is 9.29. The average molecular weight is 756 g/mol. The minimum atomic E-state index is -1.83. The Bertz CT molecular complexity index is 1800. The second-order valence-electron chi connectivity index (χ2n) is 12.7. The van der Waals surface area contributed by atoms with Gasteiger partial charge in [0, 0.05) is 47.0 Å². The lowest BCUT2D eigenvalue weighted by atomic mass is 9.85. The SMILES string of the molecule is CCC1(OC(=O)OCCOCCOCCOCCNC(=O)CCCCC2CCSS2)C(=O)OCc2c1cc1n(c2=O)-c2cc3ccccc3nc2C1. The van der Waals surface area contributed by atoms with Gasteiger partial charge in [-0.05, 0) is 43.9 Å². The second-order valence-corrected chi connectivity index (χ2v) is 15.5. The molecule has 1 N–H and O–H groups in total. The number of carbonyl (C=O) groups excluding carboxylic acids is 3. The average Bonchev–Trinajstić information content (AvgIpc) is 3.80. The van der Waals surface area contributed by atoms with E-state index < -0.39 is 17.7 Å². The van der Waals surface area contributed by atoms with Gasteiger partial charge in [0.15, 0.2) is 0 Å². The first kappa shape index (κ1) is 38.1. The van der Waals surface area contributed by atoms with E-state index >= 15 is 0 Å². The molecule has 2 atom stereocenters. The molecule has 52 heavy (non-hydrogen) atoms. The quantitative estimate of drug-likeness (QED) is 0.0778. The van der Waals surface area contributed by atoms with E-state index in [1.165, 1.54) is 18.6 Å². The molecule has 1 saturated heterocycles. The second kappa shape index (κ2) is 18.4. The van der Waals surface area contributed by atoms with Gasteiger partial charge < -0.3 is 33.7 Å². The lowest BCUT2D eigenvalue weighted by Gasteiger charge is -2.35. The van der Waals surface area contributed by atoms with Gasteiger partial charge in [-0.2, -0.15) is 0 Å². The van der Waals surface area contributed by atoms with Crippen molar-refractivity contribution in [2.45, 2.75) is 69.3 Å². The Hall–Kier alpha value is -3.63. The molecule has 6 rings (SSSR count). The van der Waals surface area contributed by atoms with Crippen LogP contribution >= 0.6 is 21.6 Å². The number of amides is 1. The van der Waals surface area contributed by atoms with Crippen LogP contribution in [0, 0.1) is 0 Å². The fourth-order valence-corrected chi connectivity index (χ4v) is 9.60. The predicted octanol–water partition coefficient (Wildman–Crippen LogP) is 4.99. The van der Waals surface area contributed by atoms with Gasteiger partial charge in [0.25, 0.3) is 5.56 Å². The van der Waals surface area contributed by atoms with Crippen LogP contribution in [0.15, 0.2) is 41.2 Å². The van der Waals surface area contributed by atoms with Gasteiger partial charge in [-0.15, -0.1) is 0 Å². The molecule has 3 aliphatic rings. The number of carbonyl (C=O) groups is 3. The summed E-state index contributed by atoms with van der Waals surface area (Å²) in [5, 5.41) is 4.55. The van der Waals surface area contributed by atoms with Gasteiger partial charge in [0.05, 0.1) is 62.1 Å². The number of nitrogens with zero attached hydrogens (tertiary/aromatic N) is 2. The zero-order chi connectivity index (χ0) is 36.3. The number of para-hydroxylation sites is 1. The molecule has 2 unspecified atom stereocenters. The van der Waals surface area contributed by atoms with Crippen LogP contribution in [0.2, 0.25) is 0 Å². The van der Waals surface area contributed by atoms with E-state index in [1.807, 2.05) is 51.9 Å². The van der Waals surface area contributed by atoms with Crippen molar-refractivity contribution in [3.63, 3.8) is 0 Å². The van der Waals surface area contributed by atoms with Gasteiger partial charge >= 0.3 is 12.1 Å². The number of aromatic nitrogens is 2. The van der Waals surface area contributed by atoms with Crippen LogP contribution in [0.1, 0.15) is 68.0 Å². The largest absolute Gasteiger partial charge is 0.509 e. The van der Waals surface area contributed by atoms with E-state index in [0.717, 1.165) is 34.7 Å². The highest BCUT2D eigenvalue weighted by Crippen LogP contribution is 2.41. The van der Waals surface area contributed by atoms with Crippen LogP contribution in [0.5, 0.6) is 0 Å². The van der Waals surface area contributed by atoms with Crippen LogP contribution in [0.25, 0.3) is 16.6 Å². The smallest absolute Gasteiger partial charge is 0.457 e. The summed E-state index contributed by atoms with van der Waals surface area (Å²) >= 11 is 0. The minimum absolute atomic E-state index is 0.0390. The van der Waals surface area contributed by atoms with E-state index in [2.05, 4.69) is 5.32 Å². The zero-order valence-electron chi connectivity index (χ0n) is 29.4. The molecule has 0 spiro atoms. The van der Waals surface area contributed by atoms with Crippen molar-refractivity contribution in [3.05, 3.63) is 69.3 Å². The lowest BCUT2D eigenvalue weighted by Crippen LogP contribution is -2.47. The van der Waals surface area contributed by atoms with Crippen LogP contribution in [-0.4, -0.2) is 91.4 Å². The maximum absolute atomic E-state index is 13.8. The van der Waals surface area contributed by atoms with Gasteiger partial charge in [0.2, 0.25) is 11.5 Å². The summed E-state index contributed by atoms with van der Waals surface area (Å²) in [6.07, 6.45) is 4.39. The summed E-state index contributed by atoms with van der Waals surface area (Å²) in [4.78, 5) is 56.5. The highest BCUT2D eigenvalue weighted by molar-refractivity contribution is 8.77. The van der Waals surface area contributed by atoms with Crippen molar-refractivity contribution < 1.29 is 42.8 Å². The van der Waals surface area contributed by atoms with Crippen LogP contribution < -0.4 is 10.9 Å². The normalized spacial score (nSPS) is 18.8. The standard InChI is InChI=1S/C37H45N3O10S2/c1-2-37(29-22-26-23-31-32(21-25-7-3-5-9-30(25)39-31)40(26)34(42)28(29)24-49-35(37)43)50-36(44)48-19-18-47-17-16-46-15-14-45-13-12-38-33(41)10-6-4-8-27-11-20-51-52-27/h3,5,7,9,21-22,27H,2,4,6,8,10-20,23-24H2,1H3,(H,38,41). The van der Waals surface area contributed by atoms with Gasteiger partial charge in [-0.25, -0.2) is 9.59 Å². The Morgan fingerprint density at radius 1 is 1.02 bits per heavy atom. The molecule has 1 amide bonds. The van der Waals surface area contributed by atoms with Crippen molar-refractivity contribution in [1.29, 1.82) is 0 Å². The third-order valence-corrected chi connectivity index (χ3v) is 12.3. The number of hydrogen-bond acceptors (Lipinski definition) is 13. The number of nitrogens with one attached hydrogen (secondary N) is 1. The van der Waals surface area contributed by atoms with E-state index in [9.17, 15) is 19.2 Å². The van der Waals surface area contributed by atoms with E-state index in [4.69, 9.17) is 33.4 Å². The van der Waals surface area contributed by atoms with E-state index in [1.54, 1.807) is 17.6 Å². The maximum atomic E-state index is 13.8. The molecule has 3 aromatic rings. The molecular formula is C37H45N3O10S2. The van der Waals surface area contributed by atoms with Crippen LogP contribution in [0.3, 0.4) is 0 Å². The summed E-state index contributed by atoms with van der Waals surface area (Å²) < 4.78 is 34.4. The Kier molecular flexibility index (Phi) is 13.5. The summed E-state index contributed by atoms with van der Waals surface area (Å²) in [6, 6.07) is 11.4. The summed E-state index contributed by atoms with van der Waals surface area (Å²) in [6.45, 7) is 3.66.